The number of rotatable bonds is 6. The van der Waals surface area contributed by atoms with Gasteiger partial charge in [0.05, 0.1) is 18.1 Å². The van der Waals surface area contributed by atoms with E-state index in [-0.39, 0.29) is 16.5 Å². The Morgan fingerprint density at radius 1 is 0.906 bits per heavy atom. The molecule has 3 aromatic carbocycles. The van der Waals surface area contributed by atoms with Gasteiger partial charge in [0.25, 0.3) is 0 Å². The lowest BCUT2D eigenvalue weighted by Crippen LogP contribution is -2.44. The summed E-state index contributed by atoms with van der Waals surface area (Å²) in [6.45, 7) is 0.734. The van der Waals surface area contributed by atoms with Gasteiger partial charge in [0.1, 0.15) is 17.4 Å². The molecule has 32 heavy (non-hydrogen) atoms. The van der Waals surface area contributed by atoms with Crippen molar-refractivity contribution in [3.05, 3.63) is 107 Å². The van der Waals surface area contributed by atoms with Gasteiger partial charge in [-0.2, -0.15) is 0 Å². The predicted octanol–water partition coefficient (Wildman–Crippen LogP) is 4.83. The number of likely N-dealkylation sites (tertiary alicyclic amines) is 1. The molecule has 166 valence electrons. The highest BCUT2D eigenvalue weighted by Gasteiger charge is 2.34. The molecule has 1 aliphatic rings. The Morgan fingerprint density at radius 2 is 1.47 bits per heavy atom. The molecule has 0 aliphatic carbocycles. The van der Waals surface area contributed by atoms with E-state index >= 15 is 0 Å². The summed E-state index contributed by atoms with van der Waals surface area (Å²) >= 11 is 0. The summed E-state index contributed by atoms with van der Waals surface area (Å²) in [6.07, 6.45) is 1.07. The Kier molecular flexibility index (Phi) is 6.13. The molecule has 1 heterocycles. The van der Waals surface area contributed by atoms with Crippen LogP contribution in [0.15, 0.2) is 78.4 Å². The van der Waals surface area contributed by atoms with Crippen LogP contribution in [0.1, 0.15) is 22.7 Å². The number of sulfone groups is 1. The Hall–Kier alpha value is -3.03. The zero-order valence-corrected chi connectivity index (χ0v) is 18.6. The largest absolute Gasteiger partial charge is 0.497 e. The van der Waals surface area contributed by atoms with Crippen LogP contribution >= 0.6 is 0 Å². The smallest absolute Gasteiger partial charge is 0.176 e. The fourth-order valence-electron chi connectivity index (χ4n) is 4.17. The number of ether oxygens (including phenoxy) is 1. The zero-order chi connectivity index (χ0) is 22.9. The van der Waals surface area contributed by atoms with E-state index in [0.717, 1.165) is 41.3 Å². The number of nitrogens with zero attached hydrogens (tertiary/aromatic N) is 1. The van der Waals surface area contributed by atoms with Crippen molar-refractivity contribution < 1.29 is 21.9 Å². The van der Waals surface area contributed by atoms with E-state index in [2.05, 4.69) is 4.90 Å². The van der Waals surface area contributed by atoms with Gasteiger partial charge in [-0.1, -0.05) is 42.5 Å². The van der Waals surface area contributed by atoms with Gasteiger partial charge in [-0.15, -0.1) is 0 Å². The van der Waals surface area contributed by atoms with Crippen LogP contribution in [0.4, 0.5) is 8.78 Å². The molecule has 0 bridgehead atoms. The van der Waals surface area contributed by atoms with E-state index in [1.807, 2.05) is 54.6 Å². The van der Waals surface area contributed by atoms with Gasteiger partial charge in [0.2, 0.25) is 0 Å². The predicted molar refractivity (Wildman–Crippen MR) is 121 cm³/mol. The Balaban J connectivity index is 1.72. The van der Waals surface area contributed by atoms with Crippen molar-refractivity contribution in [3.63, 3.8) is 0 Å². The fraction of sp³-hybridized carbons (Fsp3) is 0.200. The SMILES string of the molecule is COc1ccc([C@H](c2ccccc2)N2CC(=C(c3cc(F)cc(F)c3)S(C)(=O)=O)C2)cc1. The van der Waals surface area contributed by atoms with Crippen molar-refractivity contribution in [2.24, 2.45) is 0 Å². The summed E-state index contributed by atoms with van der Waals surface area (Å²) in [4.78, 5) is 2.13. The molecular formula is C25H23F2NO3S. The summed E-state index contributed by atoms with van der Waals surface area (Å²) in [7, 11) is -2.09. The molecule has 3 aromatic rings. The number of hydrogen-bond donors (Lipinski definition) is 0. The maximum Gasteiger partial charge on any atom is 0.176 e. The highest BCUT2D eigenvalue weighted by atomic mass is 32.2. The number of methoxy groups -OCH3 is 1. The number of benzene rings is 3. The van der Waals surface area contributed by atoms with E-state index in [1.54, 1.807) is 7.11 Å². The van der Waals surface area contributed by atoms with Crippen LogP contribution in [-0.2, 0) is 9.84 Å². The van der Waals surface area contributed by atoms with Crippen LogP contribution in [0.3, 0.4) is 0 Å². The molecule has 0 radical (unpaired) electrons. The van der Waals surface area contributed by atoms with Gasteiger partial charge < -0.3 is 4.74 Å². The minimum absolute atomic E-state index is 0.00584. The fourth-order valence-corrected chi connectivity index (χ4v) is 5.37. The molecule has 4 nitrogen and oxygen atoms in total. The minimum atomic E-state index is -3.70. The lowest BCUT2D eigenvalue weighted by Gasteiger charge is -2.42. The minimum Gasteiger partial charge on any atom is -0.497 e. The van der Waals surface area contributed by atoms with Gasteiger partial charge in [-0.25, -0.2) is 17.2 Å². The first-order valence-corrected chi connectivity index (χ1v) is 12.0. The molecule has 4 rings (SSSR count). The first kappa shape index (κ1) is 22.2. The van der Waals surface area contributed by atoms with Crippen molar-refractivity contribution in [3.8, 4) is 5.75 Å². The van der Waals surface area contributed by atoms with Crippen molar-refractivity contribution in [2.45, 2.75) is 6.04 Å². The summed E-state index contributed by atoms with van der Waals surface area (Å²) in [5.41, 5.74) is 2.77. The molecule has 0 aromatic heterocycles. The second-order valence-electron chi connectivity index (χ2n) is 7.85. The molecule has 1 saturated heterocycles. The van der Waals surface area contributed by atoms with E-state index in [9.17, 15) is 17.2 Å². The molecule has 0 N–H and O–H groups in total. The third-order valence-corrected chi connectivity index (χ3v) is 6.78. The summed E-state index contributed by atoms with van der Waals surface area (Å²) < 4.78 is 57.9. The second-order valence-corrected chi connectivity index (χ2v) is 9.81. The highest BCUT2D eigenvalue weighted by Crippen LogP contribution is 2.38. The quantitative estimate of drug-likeness (QED) is 0.534. The topological polar surface area (TPSA) is 46.6 Å². The van der Waals surface area contributed by atoms with Gasteiger partial charge >= 0.3 is 0 Å². The Morgan fingerprint density at radius 3 is 2.00 bits per heavy atom. The summed E-state index contributed by atoms with van der Waals surface area (Å²) in [5.74, 6) is -0.867. The van der Waals surface area contributed by atoms with Gasteiger partial charge in [-0.3, -0.25) is 4.90 Å². The van der Waals surface area contributed by atoms with E-state index in [1.165, 1.54) is 0 Å². The second kappa shape index (κ2) is 8.84. The zero-order valence-electron chi connectivity index (χ0n) is 17.8. The molecule has 1 aliphatic heterocycles. The standard InChI is InChI=1S/C25H23F2NO3S/c1-31-23-10-8-18(9-11-23)24(17-6-4-3-5-7-17)28-15-20(16-28)25(32(2,29)30)19-12-21(26)14-22(27)13-19/h3-14,24H,15-16H2,1-2H3/t24-/m0/s1. The van der Waals surface area contributed by atoms with E-state index in [0.29, 0.717) is 18.7 Å². The number of halogens is 2. The van der Waals surface area contributed by atoms with Crippen LogP contribution in [0.2, 0.25) is 0 Å². The van der Waals surface area contributed by atoms with Crippen molar-refractivity contribution in [1.82, 2.24) is 4.90 Å². The normalized spacial score (nSPS) is 15.2. The summed E-state index contributed by atoms with van der Waals surface area (Å²) in [6, 6.07) is 20.4. The highest BCUT2D eigenvalue weighted by molar-refractivity contribution is 8.00. The van der Waals surface area contributed by atoms with Gasteiger partial charge in [-0.05, 0) is 46.5 Å². The first-order valence-electron chi connectivity index (χ1n) is 10.1. The van der Waals surface area contributed by atoms with Crippen molar-refractivity contribution in [2.75, 3.05) is 26.5 Å². The van der Waals surface area contributed by atoms with Crippen LogP contribution in [0, 0.1) is 11.6 Å². The molecular weight excluding hydrogens is 432 g/mol. The van der Waals surface area contributed by atoms with Crippen LogP contribution in [0.25, 0.3) is 4.91 Å². The third kappa shape index (κ3) is 4.59. The Labute approximate surface area is 186 Å². The average molecular weight is 456 g/mol. The molecule has 1 atom stereocenters. The summed E-state index contributed by atoms with van der Waals surface area (Å²) in [5, 5.41) is 0. The Bertz CT molecular complexity index is 1230. The molecule has 0 saturated carbocycles. The van der Waals surface area contributed by atoms with Crippen LogP contribution in [-0.4, -0.2) is 39.8 Å². The molecule has 0 amide bonds. The monoisotopic (exact) mass is 455 g/mol. The maximum absolute atomic E-state index is 13.8. The van der Waals surface area contributed by atoms with E-state index in [4.69, 9.17) is 4.74 Å². The molecule has 0 unspecified atom stereocenters. The van der Waals surface area contributed by atoms with E-state index < -0.39 is 21.5 Å². The van der Waals surface area contributed by atoms with Crippen LogP contribution < -0.4 is 4.74 Å². The third-order valence-electron chi connectivity index (χ3n) is 5.52. The van der Waals surface area contributed by atoms with Crippen molar-refractivity contribution >= 4 is 14.7 Å². The molecule has 0 spiro atoms. The first-order chi connectivity index (χ1) is 15.3. The molecule has 1 fully saturated rings. The van der Waals surface area contributed by atoms with Gasteiger partial charge in [0.15, 0.2) is 9.84 Å². The maximum atomic E-state index is 13.8. The lowest BCUT2D eigenvalue weighted by atomic mass is 9.92. The van der Waals surface area contributed by atoms with Crippen molar-refractivity contribution in [1.29, 1.82) is 0 Å². The lowest BCUT2D eigenvalue weighted by molar-refractivity contribution is 0.203. The van der Waals surface area contributed by atoms with Gasteiger partial charge in [0, 0.05) is 25.4 Å². The average Bonchev–Trinajstić information content (AvgIpc) is 2.71. The molecule has 7 heteroatoms. The van der Waals surface area contributed by atoms with Crippen LogP contribution in [0.5, 0.6) is 5.75 Å². The number of hydrogen-bond acceptors (Lipinski definition) is 4.